The molecule has 25 heavy (non-hydrogen) atoms. The number of aliphatic carboxylic acids is 1. The summed E-state index contributed by atoms with van der Waals surface area (Å²) in [5.41, 5.74) is 0.363. The van der Waals surface area contributed by atoms with Crippen molar-refractivity contribution < 1.29 is 45.0 Å². The van der Waals surface area contributed by atoms with Crippen LogP contribution in [0.1, 0.15) is 18.4 Å². The van der Waals surface area contributed by atoms with Crippen LogP contribution in [0, 0.1) is 5.92 Å². The van der Waals surface area contributed by atoms with Gasteiger partial charge in [-0.2, -0.15) is 0 Å². The Balaban J connectivity index is 2.06. The highest BCUT2D eigenvalue weighted by molar-refractivity contribution is 5.87. The van der Waals surface area contributed by atoms with Crippen LogP contribution in [-0.4, -0.2) is 60.6 Å². The third kappa shape index (κ3) is 4.47. The summed E-state index contributed by atoms with van der Waals surface area (Å²) in [5, 5.41) is 57.1. The molecule has 9 nitrogen and oxygen atoms in total. The number of phenolic OH excluding ortho intramolecular Hbond substituents is 2. The molecule has 0 heterocycles. The minimum atomic E-state index is -2.24. The first-order chi connectivity index (χ1) is 11.6. The van der Waals surface area contributed by atoms with Crippen LogP contribution in [0.2, 0.25) is 0 Å². The van der Waals surface area contributed by atoms with Crippen LogP contribution < -0.4 is 0 Å². The molecule has 0 radical (unpaired) electrons. The molecule has 0 amide bonds. The molecule has 1 aliphatic rings. The summed E-state index contributed by atoms with van der Waals surface area (Å²) in [7, 11) is 0. The Bertz CT molecular complexity index is 699. The van der Waals surface area contributed by atoms with Gasteiger partial charge in [-0.3, -0.25) is 4.79 Å². The number of aromatic hydroxyl groups is 2. The third-order valence-corrected chi connectivity index (χ3v) is 3.89. The van der Waals surface area contributed by atoms with Gasteiger partial charge in [0.2, 0.25) is 5.79 Å². The molecule has 0 unspecified atom stereocenters. The number of phenols is 2. The van der Waals surface area contributed by atoms with Crippen molar-refractivity contribution in [2.45, 2.75) is 30.8 Å². The van der Waals surface area contributed by atoms with E-state index in [1.807, 2.05) is 0 Å². The highest BCUT2D eigenvalue weighted by Gasteiger charge is 2.49. The Morgan fingerprint density at radius 2 is 1.84 bits per heavy atom. The molecule has 1 aliphatic carbocycles. The lowest BCUT2D eigenvalue weighted by atomic mass is 9.80. The maximum absolute atomic E-state index is 11.8. The fourth-order valence-electron chi connectivity index (χ4n) is 2.61. The van der Waals surface area contributed by atoms with E-state index in [2.05, 4.69) is 0 Å². The first kappa shape index (κ1) is 18.7. The van der Waals surface area contributed by atoms with Gasteiger partial charge in [-0.25, -0.2) is 4.79 Å². The van der Waals surface area contributed by atoms with Gasteiger partial charge < -0.3 is 35.4 Å². The molecule has 1 aromatic rings. The zero-order valence-corrected chi connectivity index (χ0v) is 12.9. The summed E-state index contributed by atoms with van der Waals surface area (Å²) in [4.78, 5) is 22.9. The predicted octanol–water partition coefficient (Wildman–Crippen LogP) is -0.441. The van der Waals surface area contributed by atoms with Crippen molar-refractivity contribution in [3.8, 4) is 11.5 Å². The number of benzene rings is 1. The summed E-state index contributed by atoms with van der Waals surface area (Å²) in [5.74, 6) is -6.88. The van der Waals surface area contributed by atoms with E-state index in [0.717, 1.165) is 6.08 Å². The summed E-state index contributed by atoms with van der Waals surface area (Å²) < 4.78 is 4.84. The summed E-state index contributed by atoms with van der Waals surface area (Å²) in [6.07, 6.45) is -2.07. The summed E-state index contributed by atoms with van der Waals surface area (Å²) >= 11 is 0. The maximum Gasteiger partial charge on any atom is 0.333 e. The predicted molar refractivity (Wildman–Crippen MR) is 82.2 cm³/mol. The van der Waals surface area contributed by atoms with E-state index in [9.17, 15) is 35.1 Å². The van der Waals surface area contributed by atoms with Crippen LogP contribution in [0.15, 0.2) is 24.3 Å². The van der Waals surface area contributed by atoms with Gasteiger partial charge in [0.05, 0.1) is 18.1 Å². The largest absolute Gasteiger partial charge is 0.504 e. The van der Waals surface area contributed by atoms with Gasteiger partial charge in [0, 0.05) is 18.9 Å². The molecule has 1 saturated carbocycles. The number of ether oxygens (including phenoxy) is 1. The molecule has 0 aliphatic heterocycles. The number of carbonyl (C=O) groups is 2. The highest BCUT2D eigenvalue weighted by atomic mass is 16.7. The lowest BCUT2D eigenvalue weighted by molar-refractivity contribution is -0.249. The monoisotopic (exact) mass is 354 g/mol. The summed E-state index contributed by atoms with van der Waals surface area (Å²) in [6.45, 7) is 0. The Hall–Kier alpha value is -2.62. The molecule has 0 saturated heterocycles. The van der Waals surface area contributed by atoms with Crippen molar-refractivity contribution in [2.24, 2.45) is 5.92 Å². The molecular weight excluding hydrogens is 336 g/mol. The molecule has 0 spiro atoms. The Kier molecular flexibility index (Phi) is 5.31. The SMILES string of the molecule is O=C(/C=C/c1ccc(O)c(O)c1)O[C@]1(O)C[C@@H](O)[C@H](O)[C@H](C(=O)O)C1. The number of aliphatic hydroxyl groups is 3. The second kappa shape index (κ2) is 7.09. The third-order valence-electron chi connectivity index (χ3n) is 3.89. The van der Waals surface area contributed by atoms with Crippen LogP contribution in [0.25, 0.3) is 6.08 Å². The number of carboxylic acid groups (broad SMARTS) is 1. The lowest BCUT2D eigenvalue weighted by Crippen LogP contribution is -2.53. The molecule has 2 rings (SSSR count). The van der Waals surface area contributed by atoms with Gasteiger partial charge in [0.1, 0.15) is 0 Å². The zero-order valence-electron chi connectivity index (χ0n) is 12.9. The van der Waals surface area contributed by atoms with E-state index >= 15 is 0 Å². The van der Waals surface area contributed by atoms with Crippen molar-refractivity contribution >= 4 is 18.0 Å². The number of carboxylic acids is 1. The van der Waals surface area contributed by atoms with Crippen LogP contribution in [-0.2, 0) is 14.3 Å². The van der Waals surface area contributed by atoms with Crippen molar-refractivity contribution in [3.63, 3.8) is 0 Å². The van der Waals surface area contributed by atoms with Crippen molar-refractivity contribution in [1.82, 2.24) is 0 Å². The fourth-order valence-corrected chi connectivity index (χ4v) is 2.61. The van der Waals surface area contributed by atoms with E-state index in [1.54, 1.807) is 0 Å². The fraction of sp³-hybridized carbons (Fsp3) is 0.375. The highest BCUT2D eigenvalue weighted by Crippen LogP contribution is 2.34. The number of hydrogen-bond donors (Lipinski definition) is 6. The first-order valence-electron chi connectivity index (χ1n) is 7.35. The van der Waals surface area contributed by atoms with Gasteiger partial charge in [-0.15, -0.1) is 0 Å². The summed E-state index contributed by atoms with van der Waals surface area (Å²) in [6, 6.07) is 3.81. The molecule has 0 bridgehead atoms. The molecular formula is C16H18O9. The van der Waals surface area contributed by atoms with Crippen LogP contribution in [0.4, 0.5) is 0 Å². The van der Waals surface area contributed by atoms with E-state index in [0.29, 0.717) is 5.56 Å². The molecule has 6 N–H and O–H groups in total. The number of carbonyl (C=O) groups excluding carboxylic acids is 1. The van der Waals surface area contributed by atoms with Crippen LogP contribution >= 0.6 is 0 Å². The lowest BCUT2D eigenvalue weighted by Gasteiger charge is -2.39. The smallest absolute Gasteiger partial charge is 0.333 e. The van der Waals surface area contributed by atoms with Crippen molar-refractivity contribution in [2.75, 3.05) is 0 Å². The Morgan fingerprint density at radius 3 is 2.44 bits per heavy atom. The average Bonchev–Trinajstić information content (AvgIpc) is 2.51. The van der Waals surface area contributed by atoms with Gasteiger partial charge in [0.15, 0.2) is 11.5 Å². The molecule has 9 heteroatoms. The average molecular weight is 354 g/mol. The van der Waals surface area contributed by atoms with Crippen molar-refractivity contribution in [1.29, 1.82) is 0 Å². The number of hydrogen-bond acceptors (Lipinski definition) is 8. The number of esters is 1. The van der Waals surface area contributed by atoms with E-state index < -0.39 is 48.7 Å². The van der Waals surface area contributed by atoms with E-state index in [1.165, 1.54) is 24.3 Å². The normalized spacial score (nSPS) is 29.5. The van der Waals surface area contributed by atoms with Gasteiger partial charge in [-0.05, 0) is 23.8 Å². The van der Waals surface area contributed by atoms with Crippen LogP contribution in [0.3, 0.4) is 0 Å². The Morgan fingerprint density at radius 1 is 1.16 bits per heavy atom. The number of aliphatic hydroxyl groups excluding tert-OH is 2. The van der Waals surface area contributed by atoms with E-state index in [4.69, 9.17) is 9.84 Å². The van der Waals surface area contributed by atoms with Gasteiger partial charge in [0.25, 0.3) is 0 Å². The number of rotatable bonds is 4. The molecule has 4 atom stereocenters. The second-order valence-corrected chi connectivity index (χ2v) is 5.86. The molecule has 136 valence electrons. The van der Waals surface area contributed by atoms with E-state index in [-0.39, 0.29) is 11.5 Å². The van der Waals surface area contributed by atoms with Crippen molar-refractivity contribution in [3.05, 3.63) is 29.8 Å². The van der Waals surface area contributed by atoms with Gasteiger partial charge >= 0.3 is 11.9 Å². The first-order valence-corrected chi connectivity index (χ1v) is 7.35. The van der Waals surface area contributed by atoms with Gasteiger partial charge in [-0.1, -0.05) is 6.07 Å². The Labute approximate surface area is 142 Å². The van der Waals surface area contributed by atoms with Crippen LogP contribution in [0.5, 0.6) is 11.5 Å². The molecule has 1 fully saturated rings. The quantitative estimate of drug-likeness (QED) is 0.182. The minimum absolute atomic E-state index is 0.330. The standard InChI is InChI=1S/C16H18O9/c17-10-3-1-8(5-11(10)18)2-4-13(20)25-16(24)6-9(15(22)23)14(21)12(19)7-16/h1-5,9,12,14,17-19,21,24H,6-7H2,(H,22,23)/b4-2+/t9-,12-,14-,16+/m1/s1. The second-order valence-electron chi connectivity index (χ2n) is 5.86. The zero-order chi connectivity index (χ0) is 18.8. The minimum Gasteiger partial charge on any atom is -0.504 e. The molecule has 0 aromatic heterocycles. The molecule has 1 aromatic carbocycles. The topological polar surface area (TPSA) is 165 Å². The maximum atomic E-state index is 11.8.